The van der Waals surface area contributed by atoms with Crippen LogP contribution in [0.25, 0.3) is 0 Å². The number of hydrogen-bond acceptors (Lipinski definition) is 3. The van der Waals surface area contributed by atoms with Gasteiger partial charge in [-0.1, -0.05) is 24.3 Å². The van der Waals surface area contributed by atoms with Gasteiger partial charge in [-0.25, -0.2) is 4.79 Å². The summed E-state index contributed by atoms with van der Waals surface area (Å²) in [4.78, 5) is 11.4. The van der Waals surface area contributed by atoms with Gasteiger partial charge in [0.25, 0.3) is 0 Å². The molecule has 0 amide bonds. The average molecular weight is 208 g/mol. The van der Waals surface area contributed by atoms with E-state index in [2.05, 4.69) is 0 Å². The van der Waals surface area contributed by atoms with Crippen LogP contribution in [0.3, 0.4) is 0 Å². The first-order valence-electron chi connectivity index (χ1n) is 4.96. The van der Waals surface area contributed by atoms with Gasteiger partial charge in [-0.3, -0.25) is 0 Å². The Kier molecular flexibility index (Phi) is 3.86. The molecule has 3 heteroatoms. The molecule has 0 aliphatic carbocycles. The van der Waals surface area contributed by atoms with Gasteiger partial charge in [0.05, 0.1) is 6.10 Å². The third kappa shape index (κ3) is 3.06. The number of esters is 1. The van der Waals surface area contributed by atoms with Crippen molar-refractivity contribution in [2.45, 2.75) is 33.0 Å². The van der Waals surface area contributed by atoms with Crippen LogP contribution in [-0.4, -0.2) is 17.2 Å². The quantitative estimate of drug-likeness (QED) is 0.772. The lowest BCUT2D eigenvalue weighted by molar-refractivity contribution is -0.157. The molecule has 0 saturated heterocycles. The third-order valence-corrected chi connectivity index (χ3v) is 2.06. The highest BCUT2D eigenvalue weighted by Gasteiger charge is 2.21. The van der Waals surface area contributed by atoms with Crippen molar-refractivity contribution in [3.05, 3.63) is 35.4 Å². The fraction of sp³-hybridized carbons (Fsp3) is 0.417. The molecule has 0 heterocycles. The van der Waals surface area contributed by atoms with Crippen molar-refractivity contribution in [1.82, 2.24) is 0 Å². The van der Waals surface area contributed by atoms with E-state index in [1.54, 1.807) is 26.0 Å². The van der Waals surface area contributed by atoms with Gasteiger partial charge in [0.2, 0.25) is 0 Å². The van der Waals surface area contributed by atoms with E-state index in [9.17, 15) is 9.90 Å². The molecule has 15 heavy (non-hydrogen) atoms. The summed E-state index contributed by atoms with van der Waals surface area (Å²) in [5, 5.41) is 9.74. The van der Waals surface area contributed by atoms with Gasteiger partial charge in [0.15, 0.2) is 6.10 Å². The topological polar surface area (TPSA) is 46.5 Å². The van der Waals surface area contributed by atoms with Crippen LogP contribution in [0.15, 0.2) is 24.3 Å². The van der Waals surface area contributed by atoms with Crippen LogP contribution in [0.2, 0.25) is 0 Å². The number of benzene rings is 1. The van der Waals surface area contributed by atoms with E-state index in [0.29, 0.717) is 5.56 Å². The Balaban J connectivity index is 2.81. The van der Waals surface area contributed by atoms with Gasteiger partial charge in [-0.05, 0) is 31.9 Å². The van der Waals surface area contributed by atoms with Crippen LogP contribution in [0.4, 0.5) is 0 Å². The van der Waals surface area contributed by atoms with E-state index in [1.807, 2.05) is 19.1 Å². The molecule has 1 unspecified atom stereocenters. The number of carbonyl (C=O) groups is 1. The Morgan fingerprint density at radius 1 is 1.33 bits per heavy atom. The number of aryl methyl sites for hydroxylation is 1. The lowest BCUT2D eigenvalue weighted by atomic mass is 10.0. The molecule has 0 aliphatic heterocycles. The Morgan fingerprint density at radius 2 is 1.93 bits per heavy atom. The van der Waals surface area contributed by atoms with Crippen molar-refractivity contribution in [1.29, 1.82) is 0 Å². The summed E-state index contributed by atoms with van der Waals surface area (Å²) >= 11 is 0. The predicted octanol–water partition coefficient (Wildman–Crippen LogP) is 1.98. The van der Waals surface area contributed by atoms with Crippen LogP contribution in [0.1, 0.15) is 31.1 Å². The minimum atomic E-state index is -1.19. The predicted molar refractivity (Wildman–Crippen MR) is 57.4 cm³/mol. The van der Waals surface area contributed by atoms with Crippen LogP contribution >= 0.6 is 0 Å². The fourth-order valence-electron chi connectivity index (χ4n) is 1.32. The Morgan fingerprint density at radius 3 is 2.47 bits per heavy atom. The average Bonchev–Trinajstić information content (AvgIpc) is 2.16. The van der Waals surface area contributed by atoms with E-state index in [0.717, 1.165) is 5.56 Å². The maximum atomic E-state index is 11.4. The summed E-state index contributed by atoms with van der Waals surface area (Å²) in [5.41, 5.74) is 1.48. The Labute approximate surface area is 89.7 Å². The minimum absolute atomic E-state index is 0.212. The van der Waals surface area contributed by atoms with Gasteiger partial charge >= 0.3 is 5.97 Å². The number of aliphatic hydroxyl groups excluding tert-OH is 1. The van der Waals surface area contributed by atoms with Crippen LogP contribution in [-0.2, 0) is 9.53 Å². The summed E-state index contributed by atoms with van der Waals surface area (Å²) in [5.74, 6) is -0.598. The summed E-state index contributed by atoms with van der Waals surface area (Å²) < 4.78 is 4.93. The normalized spacial score (nSPS) is 12.6. The molecule has 0 spiro atoms. The zero-order chi connectivity index (χ0) is 11.4. The highest BCUT2D eigenvalue weighted by molar-refractivity contribution is 5.76. The molecule has 0 saturated carbocycles. The van der Waals surface area contributed by atoms with Gasteiger partial charge in [-0.2, -0.15) is 0 Å². The van der Waals surface area contributed by atoms with E-state index < -0.39 is 12.1 Å². The molecule has 1 atom stereocenters. The molecule has 0 bridgehead atoms. The summed E-state index contributed by atoms with van der Waals surface area (Å²) in [7, 11) is 0. The summed E-state index contributed by atoms with van der Waals surface area (Å²) in [6, 6.07) is 7.22. The maximum Gasteiger partial charge on any atom is 0.339 e. The van der Waals surface area contributed by atoms with Crippen molar-refractivity contribution in [3.63, 3.8) is 0 Å². The smallest absolute Gasteiger partial charge is 0.339 e. The number of ether oxygens (including phenoxy) is 1. The minimum Gasteiger partial charge on any atom is -0.461 e. The second-order valence-corrected chi connectivity index (χ2v) is 3.74. The summed E-state index contributed by atoms with van der Waals surface area (Å²) in [6.07, 6.45) is -1.40. The van der Waals surface area contributed by atoms with Gasteiger partial charge in [0.1, 0.15) is 0 Å². The Hall–Kier alpha value is -1.35. The second-order valence-electron chi connectivity index (χ2n) is 3.74. The van der Waals surface area contributed by atoms with E-state index in [1.165, 1.54) is 0 Å². The zero-order valence-electron chi connectivity index (χ0n) is 9.23. The summed E-state index contributed by atoms with van der Waals surface area (Å²) in [6.45, 7) is 5.35. The zero-order valence-corrected chi connectivity index (χ0v) is 9.23. The SMILES string of the molecule is Cc1ccccc1C(O)C(=O)OC(C)C. The fourth-order valence-corrected chi connectivity index (χ4v) is 1.32. The molecule has 1 aromatic rings. The molecule has 1 aromatic carbocycles. The first-order chi connectivity index (χ1) is 7.02. The molecule has 0 radical (unpaired) electrons. The number of rotatable bonds is 3. The molecule has 0 aromatic heterocycles. The molecular formula is C12H16O3. The highest BCUT2D eigenvalue weighted by Crippen LogP contribution is 2.18. The van der Waals surface area contributed by atoms with Gasteiger partial charge < -0.3 is 9.84 Å². The van der Waals surface area contributed by atoms with Gasteiger partial charge in [-0.15, -0.1) is 0 Å². The van der Waals surface area contributed by atoms with E-state index in [4.69, 9.17) is 4.74 Å². The molecule has 0 aliphatic rings. The van der Waals surface area contributed by atoms with Crippen molar-refractivity contribution in [2.75, 3.05) is 0 Å². The van der Waals surface area contributed by atoms with Crippen LogP contribution in [0, 0.1) is 6.92 Å². The number of aliphatic hydroxyl groups is 1. The van der Waals surface area contributed by atoms with Crippen molar-refractivity contribution in [2.24, 2.45) is 0 Å². The number of carbonyl (C=O) groups excluding carboxylic acids is 1. The first kappa shape index (κ1) is 11.7. The molecule has 1 N–H and O–H groups in total. The third-order valence-electron chi connectivity index (χ3n) is 2.06. The molecule has 82 valence electrons. The highest BCUT2D eigenvalue weighted by atomic mass is 16.6. The van der Waals surface area contributed by atoms with Crippen molar-refractivity contribution in [3.8, 4) is 0 Å². The first-order valence-corrected chi connectivity index (χ1v) is 4.96. The van der Waals surface area contributed by atoms with Crippen molar-refractivity contribution >= 4 is 5.97 Å². The standard InChI is InChI=1S/C12H16O3/c1-8(2)15-12(14)11(13)10-7-5-4-6-9(10)3/h4-8,11,13H,1-3H3. The molecular weight excluding hydrogens is 192 g/mol. The second kappa shape index (κ2) is 4.94. The largest absolute Gasteiger partial charge is 0.461 e. The Bertz CT molecular complexity index is 344. The van der Waals surface area contributed by atoms with Crippen LogP contribution < -0.4 is 0 Å². The van der Waals surface area contributed by atoms with Crippen LogP contribution in [0.5, 0.6) is 0 Å². The van der Waals surface area contributed by atoms with Gasteiger partial charge in [0, 0.05) is 0 Å². The maximum absolute atomic E-state index is 11.4. The molecule has 1 rings (SSSR count). The molecule has 3 nitrogen and oxygen atoms in total. The lowest BCUT2D eigenvalue weighted by Gasteiger charge is -2.14. The van der Waals surface area contributed by atoms with E-state index >= 15 is 0 Å². The van der Waals surface area contributed by atoms with Crippen molar-refractivity contribution < 1.29 is 14.6 Å². The molecule has 0 fully saturated rings. The lowest BCUT2D eigenvalue weighted by Crippen LogP contribution is -2.19. The van der Waals surface area contributed by atoms with E-state index in [-0.39, 0.29) is 6.10 Å². The number of hydrogen-bond donors (Lipinski definition) is 1. The monoisotopic (exact) mass is 208 g/mol.